The van der Waals surface area contributed by atoms with Gasteiger partial charge in [0.2, 0.25) is 0 Å². The van der Waals surface area contributed by atoms with Gasteiger partial charge in [-0.3, -0.25) is 9.98 Å². The molecule has 98 valence electrons. The maximum Gasteiger partial charge on any atom is 0.171 e. The van der Waals surface area contributed by atoms with Gasteiger partial charge in [0.15, 0.2) is 11.7 Å². The van der Waals surface area contributed by atoms with E-state index < -0.39 is 0 Å². The Labute approximate surface area is 113 Å². The lowest BCUT2D eigenvalue weighted by Gasteiger charge is -2.09. The van der Waals surface area contributed by atoms with Crippen molar-refractivity contribution >= 4 is 24.1 Å². The molecule has 0 unspecified atom stereocenters. The molecule has 0 fully saturated rings. The average molecular weight is 254 g/mol. The third-order valence-electron chi connectivity index (χ3n) is 2.97. The van der Waals surface area contributed by atoms with E-state index in [9.17, 15) is 0 Å². The Morgan fingerprint density at radius 1 is 1.21 bits per heavy atom. The second kappa shape index (κ2) is 6.73. The quantitative estimate of drug-likeness (QED) is 0.537. The molecule has 0 aromatic rings. The van der Waals surface area contributed by atoms with Crippen molar-refractivity contribution in [2.75, 3.05) is 7.05 Å². The molecule has 1 heterocycles. The Kier molecular flexibility index (Phi) is 4.72. The van der Waals surface area contributed by atoms with Crippen LogP contribution in [0.2, 0.25) is 0 Å². The number of hydrogen-bond acceptors (Lipinski definition) is 2. The summed E-state index contributed by atoms with van der Waals surface area (Å²) in [5.41, 5.74) is 1.92. The van der Waals surface area contributed by atoms with Crippen molar-refractivity contribution in [3.8, 4) is 0 Å². The van der Waals surface area contributed by atoms with E-state index in [1.165, 1.54) is 0 Å². The lowest BCUT2D eigenvalue weighted by atomic mass is 10.1. The van der Waals surface area contributed by atoms with Crippen LogP contribution in [0.5, 0.6) is 0 Å². The Balaban J connectivity index is 2.27. The third kappa shape index (κ3) is 3.44. The van der Waals surface area contributed by atoms with E-state index in [-0.39, 0.29) is 0 Å². The molecule has 2 rings (SSSR count). The first kappa shape index (κ1) is 13.3. The van der Waals surface area contributed by atoms with E-state index in [0.29, 0.717) is 11.7 Å². The highest BCUT2D eigenvalue weighted by molar-refractivity contribution is 6.44. The molecule has 2 aliphatic rings. The summed E-state index contributed by atoms with van der Waals surface area (Å²) >= 11 is 0. The lowest BCUT2D eigenvalue weighted by Crippen LogP contribution is -2.16. The Morgan fingerprint density at radius 2 is 2.11 bits per heavy atom. The second-order valence-electron chi connectivity index (χ2n) is 4.28. The van der Waals surface area contributed by atoms with Crippen molar-refractivity contribution < 1.29 is 0 Å². The predicted molar refractivity (Wildman–Crippen MR) is 82.6 cm³/mol. The number of allylic oxidation sites excluding steroid dienone is 3. The van der Waals surface area contributed by atoms with Crippen molar-refractivity contribution in [3.63, 3.8) is 0 Å². The number of aliphatic imine (C=N–C) groups is 4. The lowest BCUT2D eigenvalue weighted by molar-refractivity contribution is 1.03. The molecule has 19 heavy (non-hydrogen) atoms. The maximum atomic E-state index is 4.51. The molecule has 0 saturated heterocycles. The van der Waals surface area contributed by atoms with E-state index in [1.807, 2.05) is 12.2 Å². The molecule has 1 aliphatic heterocycles. The van der Waals surface area contributed by atoms with Gasteiger partial charge in [-0.15, -0.1) is 0 Å². The first-order valence-corrected chi connectivity index (χ1v) is 6.46. The molecular formula is C15H18N4. The minimum atomic E-state index is 0.619. The van der Waals surface area contributed by atoms with Crippen LogP contribution in [0.15, 0.2) is 56.0 Å². The van der Waals surface area contributed by atoms with Crippen LogP contribution in [0.25, 0.3) is 0 Å². The number of amidine groups is 2. The minimum absolute atomic E-state index is 0.619. The van der Waals surface area contributed by atoms with Gasteiger partial charge in [-0.2, -0.15) is 0 Å². The van der Waals surface area contributed by atoms with Gasteiger partial charge in [-0.05, 0) is 32.4 Å². The van der Waals surface area contributed by atoms with E-state index in [1.54, 1.807) is 13.2 Å². The highest BCUT2D eigenvalue weighted by Gasteiger charge is 2.12. The fourth-order valence-electron chi connectivity index (χ4n) is 1.99. The van der Waals surface area contributed by atoms with Crippen LogP contribution in [0.4, 0.5) is 0 Å². The van der Waals surface area contributed by atoms with Gasteiger partial charge < -0.3 is 0 Å². The van der Waals surface area contributed by atoms with Gasteiger partial charge in [0.25, 0.3) is 0 Å². The van der Waals surface area contributed by atoms with Gasteiger partial charge >= 0.3 is 0 Å². The summed E-state index contributed by atoms with van der Waals surface area (Å²) in [6, 6.07) is 0. The second-order valence-corrected chi connectivity index (χ2v) is 4.28. The van der Waals surface area contributed by atoms with Crippen molar-refractivity contribution in [1.82, 2.24) is 0 Å². The zero-order valence-corrected chi connectivity index (χ0v) is 11.2. The van der Waals surface area contributed by atoms with Crippen LogP contribution in [-0.2, 0) is 0 Å². The molecule has 4 nitrogen and oxygen atoms in total. The van der Waals surface area contributed by atoms with Gasteiger partial charge in [0.05, 0.1) is 5.71 Å². The van der Waals surface area contributed by atoms with Crippen LogP contribution < -0.4 is 0 Å². The van der Waals surface area contributed by atoms with Gasteiger partial charge in [0, 0.05) is 18.8 Å². The van der Waals surface area contributed by atoms with E-state index >= 15 is 0 Å². The SMILES string of the molecule is C=N/C(=N\C(=N/C)C1=NC=CCC1)C1=CCCC=C1. The summed E-state index contributed by atoms with van der Waals surface area (Å²) in [4.78, 5) is 17.1. The first-order chi connectivity index (χ1) is 9.35. The Bertz CT molecular complexity index is 530. The van der Waals surface area contributed by atoms with Crippen LogP contribution in [0.1, 0.15) is 25.7 Å². The van der Waals surface area contributed by atoms with Gasteiger partial charge in [0.1, 0.15) is 0 Å². The van der Waals surface area contributed by atoms with Gasteiger partial charge in [-0.1, -0.05) is 24.3 Å². The van der Waals surface area contributed by atoms with E-state index in [2.05, 4.69) is 38.8 Å². The molecule has 4 heteroatoms. The summed E-state index contributed by atoms with van der Waals surface area (Å²) in [5, 5.41) is 0. The molecule has 0 atom stereocenters. The normalized spacial score (nSPS) is 20.1. The standard InChI is InChI=1S/C15H18N4/c1-16-14(12-8-4-3-5-9-12)19-15(17-2)13-10-6-7-11-18-13/h4,7-9,11H,1,3,5-6,10H2,2H3/b17-15-,19-14-. The zero-order valence-electron chi connectivity index (χ0n) is 11.2. The fraction of sp³-hybridized carbons (Fsp3) is 0.333. The molecule has 0 bridgehead atoms. The summed E-state index contributed by atoms with van der Waals surface area (Å²) in [7, 11) is 1.73. The smallest absolute Gasteiger partial charge is 0.171 e. The summed E-state index contributed by atoms with van der Waals surface area (Å²) in [5.74, 6) is 1.26. The van der Waals surface area contributed by atoms with Crippen molar-refractivity contribution in [2.24, 2.45) is 20.0 Å². The van der Waals surface area contributed by atoms with E-state index in [4.69, 9.17) is 0 Å². The number of nitrogens with zero attached hydrogens (tertiary/aromatic N) is 4. The van der Waals surface area contributed by atoms with Crippen LogP contribution in [0.3, 0.4) is 0 Å². The Hall–Kier alpha value is -2.10. The molecule has 0 radical (unpaired) electrons. The molecule has 0 amide bonds. The molecule has 0 aromatic carbocycles. The molecular weight excluding hydrogens is 236 g/mol. The summed E-state index contributed by atoms with van der Waals surface area (Å²) in [6.45, 7) is 3.60. The average Bonchev–Trinajstić information content (AvgIpc) is 2.50. The Morgan fingerprint density at radius 3 is 2.68 bits per heavy atom. The number of hydrogen-bond donors (Lipinski definition) is 0. The highest BCUT2D eigenvalue weighted by atomic mass is 15.0. The molecule has 1 aliphatic carbocycles. The largest absolute Gasteiger partial charge is 0.269 e. The number of rotatable bonds is 2. The van der Waals surface area contributed by atoms with Gasteiger partial charge in [-0.25, -0.2) is 9.98 Å². The predicted octanol–water partition coefficient (Wildman–Crippen LogP) is 3.14. The molecule has 0 saturated carbocycles. The third-order valence-corrected chi connectivity index (χ3v) is 2.97. The van der Waals surface area contributed by atoms with Crippen LogP contribution in [-0.4, -0.2) is 31.1 Å². The summed E-state index contributed by atoms with van der Waals surface area (Å²) in [6.07, 6.45) is 14.1. The highest BCUT2D eigenvalue weighted by Crippen LogP contribution is 2.13. The van der Waals surface area contributed by atoms with Crippen LogP contribution in [0, 0.1) is 0 Å². The molecule has 0 N–H and O–H groups in total. The molecule has 0 aromatic heterocycles. The van der Waals surface area contributed by atoms with Crippen molar-refractivity contribution in [3.05, 3.63) is 36.1 Å². The maximum absolute atomic E-state index is 4.51. The monoisotopic (exact) mass is 254 g/mol. The van der Waals surface area contributed by atoms with Crippen molar-refractivity contribution in [2.45, 2.75) is 25.7 Å². The van der Waals surface area contributed by atoms with E-state index in [0.717, 1.165) is 37.0 Å². The summed E-state index contributed by atoms with van der Waals surface area (Å²) < 4.78 is 0. The zero-order chi connectivity index (χ0) is 13.5. The van der Waals surface area contributed by atoms with Crippen LogP contribution >= 0.6 is 0 Å². The molecule has 0 spiro atoms. The first-order valence-electron chi connectivity index (χ1n) is 6.46. The topological polar surface area (TPSA) is 49.4 Å². The minimum Gasteiger partial charge on any atom is -0.269 e. The van der Waals surface area contributed by atoms with Crippen molar-refractivity contribution in [1.29, 1.82) is 0 Å². The fourth-order valence-corrected chi connectivity index (χ4v) is 1.99.